The molecule has 0 aromatic carbocycles. The molecule has 3 N–H and O–H groups in total. The number of phosphoric ester groups is 2. The fourth-order valence-corrected chi connectivity index (χ4v) is 13.4. The Morgan fingerprint density at radius 3 is 0.740 bits per heavy atom. The lowest BCUT2D eigenvalue weighted by Crippen LogP contribution is -2.30. The number of hydrogen-bond acceptors (Lipinski definition) is 15. The number of aliphatic hydroxyl groups excluding tert-OH is 1. The van der Waals surface area contributed by atoms with Crippen LogP contribution in [0.3, 0.4) is 0 Å². The van der Waals surface area contributed by atoms with Crippen LogP contribution in [0.1, 0.15) is 407 Å². The molecule has 0 aliphatic rings. The third-order valence-electron chi connectivity index (χ3n) is 18.4. The van der Waals surface area contributed by atoms with Gasteiger partial charge in [0.05, 0.1) is 26.4 Å². The highest BCUT2D eigenvalue weighted by Crippen LogP contribution is 2.45. The maximum absolute atomic E-state index is 13.1. The van der Waals surface area contributed by atoms with Gasteiger partial charge in [-0.15, -0.1) is 0 Å². The van der Waals surface area contributed by atoms with E-state index in [1.807, 2.05) is 0 Å². The average Bonchev–Trinajstić information content (AvgIpc) is 1.68. The number of unbranched alkanes of at least 4 members (excludes halogenated alkanes) is 48. The Kier molecular flexibility index (Phi) is 68.7. The Bertz CT molecular complexity index is 1840. The summed E-state index contributed by atoms with van der Waals surface area (Å²) in [5.41, 5.74) is 0. The fraction of sp³-hybridized carbons (Fsp3) is 0.948. The van der Waals surface area contributed by atoms with Gasteiger partial charge in [-0.1, -0.05) is 356 Å². The number of phosphoric acid groups is 2. The summed E-state index contributed by atoms with van der Waals surface area (Å²) >= 11 is 0. The van der Waals surface area contributed by atoms with Crippen molar-refractivity contribution in [1.82, 2.24) is 0 Å². The summed E-state index contributed by atoms with van der Waals surface area (Å²) in [5.74, 6) is -1.30. The van der Waals surface area contributed by atoms with E-state index >= 15 is 0 Å². The van der Waals surface area contributed by atoms with E-state index < -0.39 is 97.5 Å². The van der Waals surface area contributed by atoms with E-state index in [1.54, 1.807) is 0 Å². The van der Waals surface area contributed by atoms with Crippen LogP contribution in [0.25, 0.3) is 0 Å². The summed E-state index contributed by atoms with van der Waals surface area (Å²) in [6.07, 6.45) is 59.6. The first-order valence-corrected chi connectivity index (χ1v) is 43.2. The highest BCUT2D eigenvalue weighted by Gasteiger charge is 2.30. The maximum atomic E-state index is 13.1. The minimum Gasteiger partial charge on any atom is -0.462 e. The average molecular weight is 1410 g/mol. The van der Waals surface area contributed by atoms with Gasteiger partial charge in [0.2, 0.25) is 0 Å². The molecule has 0 heterocycles. The number of hydrogen-bond donors (Lipinski definition) is 3. The number of carbonyl (C=O) groups excluding carboxylic acids is 4. The molecule has 6 atom stereocenters. The van der Waals surface area contributed by atoms with Gasteiger partial charge < -0.3 is 33.8 Å². The van der Waals surface area contributed by atoms with Crippen molar-refractivity contribution in [3.63, 3.8) is 0 Å². The Balaban J connectivity index is 5.20. The van der Waals surface area contributed by atoms with Crippen molar-refractivity contribution < 1.29 is 80.2 Å². The molecule has 0 aliphatic heterocycles. The van der Waals surface area contributed by atoms with Crippen molar-refractivity contribution in [2.75, 3.05) is 39.6 Å². The molecule has 0 spiro atoms. The third-order valence-corrected chi connectivity index (χ3v) is 20.3. The van der Waals surface area contributed by atoms with Gasteiger partial charge in [0.25, 0.3) is 0 Å². The number of ether oxygens (including phenoxy) is 4. The summed E-state index contributed by atoms with van der Waals surface area (Å²) in [7, 11) is -9.91. The van der Waals surface area contributed by atoms with Gasteiger partial charge in [-0.3, -0.25) is 37.3 Å². The molecule has 0 radical (unpaired) electrons. The van der Waals surface area contributed by atoms with Gasteiger partial charge in [-0.25, -0.2) is 9.13 Å². The van der Waals surface area contributed by atoms with Crippen LogP contribution in [-0.4, -0.2) is 96.7 Å². The molecule has 0 amide bonds. The molecule has 19 heteroatoms. The Hall–Kier alpha value is -1.94. The molecule has 0 fully saturated rings. The van der Waals surface area contributed by atoms with Gasteiger partial charge in [0, 0.05) is 25.7 Å². The minimum absolute atomic E-state index is 0.107. The van der Waals surface area contributed by atoms with E-state index in [9.17, 15) is 43.2 Å². The lowest BCUT2D eigenvalue weighted by atomic mass is 9.99. The van der Waals surface area contributed by atoms with Crippen LogP contribution in [0.4, 0.5) is 0 Å². The molecule has 96 heavy (non-hydrogen) atoms. The molecule has 0 aromatic rings. The number of carbonyl (C=O) groups is 4. The Morgan fingerprint density at radius 2 is 0.500 bits per heavy atom. The van der Waals surface area contributed by atoms with Crippen LogP contribution in [0.15, 0.2) is 0 Å². The zero-order chi connectivity index (χ0) is 70.5. The van der Waals surface area contributed by atoms with Crippen LogP contribution >= 0.6 is 15.6 Å². The summed E-state index contributed by atoms with van der Waals surface area (Å²) in [6.45, 7) is 7.31. The molecule has 0 aromatic heterocycles. The molecule has 0 bridgehead atoms. The third kappa shape index (κ3) is 69.2. The highest BCUT2D eigenvalue weighted by atomic mass is 31.2. The topological polar surface area (TPSA) is 237 Å². The first-order chi connectivity index (χ1) is 46.6. The molecule has 17 nitrogen and oxygen atoms in total. The van der Waals surface area contributed by atoms with Crippen molar-refractivity contribution >= 4 is 39.5 Å². The van der Waals surface area contributed by atoms with Gasteiger partial charge in [0.15, 0.2) is 12.2 Å². The number of rotatable bonds is 77. The molecule has 570 valence electrons. The first kappa shape index (κ1) is 94.1. The summed E-state index contributed by atoms with van der Waals surface area (Å²) in [5, 5.41) is 10.6. The SMILES string of the molecule is CCCCCCCCCCCCCCCCCCCCCCCC(=O)O[C@H](COC(=O)CCCCCCCCCCCCC(C)CC)COP(=O)(O)OC[C@@H](O)COP(=O)(O)OC[C@@H](COC(=O)CCCCCCCCCCCC)OC(=O)CCCCCCCCCCCCC. The van der Waals surface area contributed by atoms with Gasteiger partial charge in [-0.05, 0) is 31.6 Å². The second-order valence-electron chi connectivity index (χ2n) is 28.0. The zero-order valence-corrected chi connectivity index (χ0v) is 64.3. The number of aliphatic hydroxyl groups is 1. The highest BCUT2D eigenvalue weighted by molar-refractivity contribution is 7.47. The molecular weight excluding hydrogens is 1260 g/mol. The monoisotopic (exact) mass is 1410 g/mol. The molecule has 0 rings (SSSR count). The van der Waals surface area contributed by atoms with E-state index in [2.05, 4.69) is 34.6 Å². The molecule has 0 aliphatic carbocycles. The van der Waals surface area contributed by atoms with Crippen molar-refractivity contribution in [1.29, 1.82) is 0 Å². The summed E-state index contributed by atoms with van der Waals surface area (Å²) in [4.78, 5) is 72.8. The standard InChI is InChI=1S/C77H150O17P2/c1-6-10-13-16-19-22-25-26-27-28-29-30-31-32-33-34-36-43-48-53-58-63-77(82)94-73(67-88-75(80)61-56-51-46-41-38-37-39-44-49-54-59-70(5)9-4)69-92-96(85,86)90-65-71(78)64-89-95(83,84)91-68-72(66-87-74(79)60-55-50-45-40-24-21-18-15-12-8-3)93-76(81)62-57-52-47-42-35-23-20-17-14-11-7-2/h70-73,78H,6-69H2,1-5H3,(H,83,84)(H,85,86)/t70?,71-,72+,73+/m0/s1. The van der Waals surface area contributed by atoms with E-state index in [4.69, 9.17) is 37.0 Å². The quantitative estimate of drug-likeness (QED) is 0.0222. The van der Waals surface area contributed by atoms with E-state index in [0.29, 0.717) is 25.7 Å². The van der Waals surface area contributed by atoms with Crippen LogP contribution in [0, 0.1) is 5.92 Å². The fourth-order valence-electron chi connectivity index (χ4n) is 11.8. The molecule has 3 unspecified atom stereocenters. The molecule has 0 saturated carbocycles. The van der Waals surface area contributed by atoms with Crippen molar-refractivity contribution in [2.45, 2.75) is 425 Å². The van der Waals surface area contributed by atoms with Crippen LogP contribution in [0.5, 0.6) is 0 Å². The van der Waals surface area contributed by atoms with Crippen LogP contribution in [-0.2, 0) is 65.4 Å². The van der Waals surface area contributed by atoms with E-state index in [-0.39, 0.29) is 25.7 Å². The van der Waals surface area contributed by atoms with Crippen molar-refractivity contribution in [3.8, 4) is 0 Å². The van der Waals surface area contributed by atoms with Crippen LogP contribution in [0.2, 0.25) is 0 Å². The first-order valence-electron chi connectivity index (χ1n) is 40.2. The van der Waals surface area contributed by atoms with Crippen LogP contribution < -0.4 is 0 Å². The molecular formula is C77H150O17P2. The lowest BCUT2D eigenvalue weighted by molar-refractivity contribution is -0.161. The van der Waals surface area contributed by atoms with E-state index in [0.717, 1.165) is 95.8 Å². The second kappa shape index (κ2) is 70.1. The predicted octanol–water partition coefficient (Wildman–Crippen LogP) is 22.9. The smallest absolute Gasteiger partial charge is 0.462 e. The predicted molar refractivity (Wildman–Crippen MR) is 391 cm³/mol. The second-order valence-corrected chi connectivity index (χ2v) is 30.9. The molecule has 0 saturated heterocycles. The largest absolute Gasteiger partial charge is 0.472 e. The minimum atomic E-state index is -4.96. The lowest BCUT2D eigenvalue weighted by Gasteiger charge is -2.21. The van der Waals surface area contributed by atoms with Crippen molar-refractivity contribution in [2.24, 2.45) is 5.92 Å². The summed E-state index contributed by atoms with van der Waals surface area (Å²) in [6, 6.07) is 0. The van der Waals surface area contributed by atoms with Gasteiger partial charge in [-0.2, -0.15) is 0 Å². The van der Waals surface area contributed by atoms with Gasteiger partial charge in [0.1, 0.15) is 19.3 Å². The van der Waals surface area contributed by atoms with Gasteiger partial charge >= 0.3 is 39.5 Å². The van der Waals surface area contributed by atoms with E-state index in [1.165, 1.54) is 231 Å². The Labute approximate surface area is 588 Å². The normalized spacial score (nSPS) is 14.2. The maximum Gasteiger partial charge on any atom is 0.472 e. The Morgan fingerprint density at radius 1 is 0.292 bits per heavy atom. The van der Waals surface area contributed by atoms with Crippen molar-refractivity contribution in [3.05, 3.63) is 0 Å². The number of esters is 4. The summed E-state index contributed by atoms with van der Waals surface area (Å²) < 4.78 is 68.5. The zero-order valence-electron chi connectivity index (χ0n) is 62.5.